The normalized spacial score (nSPS) is 12.0. The summed E-state index contributed by atoms with van der Waals surface area (Å²) in [5, 5.41) is 5.44. The number of halogens is 1. The van der Waals surface area contributed by atoms with Crippen molar-refractivity contribution in [3.63, 3.8) is 0 Å². The molecule has 0 aliphatic heterocycles. The quantitative estimate of drug-likeness (QED) is 0.779. The molecule has 0 fully saturated rings. The van der Waals surface area contributed by atoms with Crippen LogP contribution in [-0.4, -0.2) is 6.54 Å². The average Bonchev–Trinajstić information content (AvgIpc) is 2.67. The van der Waals surface area contributed by atoms with Gasteiger partial charge in [0.1, 0.15) is 11.3 Å². The lowest BCUT2D eigenvalue weighted by atomic mass is 9.99. The molecule has 2 rings (SSSR count). The van der Waals surface area contributed by atoms with E-state index in [0.29, 0.717) is 11.8 Å². The van der Waals surface area contributed by atoms with Crippen molar-refractivity contribution in [1.29, 1.82) is 0 Å². The highest BCUT2D eigenvalue weighted by Gasteiger charge is 2.17. The molecule has 0 aliphatic carbocycles. The van der Waals surface area contributed by atoms with Gasteiger partial charge in [0.25, 0.3) is 0 Å². The van der Waals surface area contributed by atoms with Gasteiger partial charge in [-0.1, -0.05) is 39.3 Å². The topological polar surface area (TPSA) is 25.2 Å². The molecule has 3 heteroatoms. The van der Waals surface area contributed by atoms with Gasteiger partial charge in [-0.2, -0.15) is 0 Å². The van der Waals surface area contributed by atoms with Crippen LogP contribution in [0, 0.1) is 18.8 Å². The lowest BCUT2D eigenvalue weighted by Crippen LogP contribution is -2.19. The summed E-state index contributed by atoms with van der Waals surface area (Å²) in [5.41, 5.74) is 3.40. The van der Waals surface area contributed by atoms with Crippen LogP contribution in [0.1, 0.15) is 44.6 Å². The summed E-state index contributed by atoms with van der Waals surface area (Å²) in [6.07, 6.45) is 1.02. The molecule has 0 amide bonds. The maximum Gasteiger partial charge on any atom is 0.137 e. The van der Waals surface area contributed by atoms with Gasteiger partial charge in [0.05, 0.1) is 6.54 Å². The molecule has 0 saturated carbocycles. The van der Waals surface area contributed by atoms with Crippen LogP contribution in [0.15, 0.2) is 16.5 Å². The van der Waals surface area contributed by atoms with E-state index in [-0.39, 0.29) is 0 Å². The molecular weight excluding hydrogens is 282 g/mol. The smallest absolute Gasteiger partial charge is 0.137 e. The van der Waals surface area contributed by atoms with Crippen molar-refractivity contribution < 1.29 is 4.42 Å². The second-order valence-electron chi connectivity index (χ2n) is 6.73. The van der Waals surface area contributed by atoms with Crippen LogP contribution < -0.4 is 5.32 Å². The van der Waals surface area contributed by atoms with Crippen LogP contribution in [0.2, 0.25) is 5.02 Å². The van der Waals surface area contributed by atoms with Crippen LogP contribution in [0.5, 0.6) is 0 Å². The number of furan rings is 1. The van der Waals surface area contributed by atoms with Gasteiger partial charge in [-0.25, -0.2) is 0 Å². The van der Waals surface area contributed by atoms with Crippen molar-refractivity contribution in [1.82, 2.24) is 5.32 Å². The van der Waals surface area contributed by atoms with Crippen LogP contribution in [0.3, 0.4) is 0 Å². The standard InChI is InChI=1S/C18H26ClNO/c1-11(2)6-15-16-8-14(19)7-13(5)18(16)21-17(15)10-20-9-12(3)4/h7-8,11-12,20H,6,9-10H2,1-5H3. The van der Waals surface area contributed by atoms with Crippen molar-refractivity contribution in [3.05, 3.63) is 34.0 Å². The minimum absolute atomic E-state index is 0.592. The monoisotopic (exact) mass is 307 g/mol. The molecule has 2 aromatic rings. The third-order valence-electron chi connectivity index (χ3n) is 3.58. The highest BCUT2D eigenvalue weighted by Crippen LogP contribution is 2.32. The molecule has 1 heterocycles. The summed E-state index contributed by atoms with van der Waals surface area (Å²) < 4.78 is 6.15. The van der Waals surface area contributed by atoms with Crippen molar-refractivity contribution in [2.24, 2.45) is 11.8 Å². The molecule has 0 atom stereocenters. The van der Waals surface area contributed by atoms with Gasteiger partial charge in [-0.05, 0) is 49.4 Å². The zero-order valence-electron chi connectivity index (χ0n) is 13.7. The largest absolute Gasteiger partial charge is 0.459 e. The van der Waals surface area contributed by atoms with E-state index in [1.807, 2.05) is 12.1 Å². The van der Waals surface area contributed by atoms with Crippen LogP contribution in [-0.2, 0) is 13.0 Å². The molecule has 2 nitrogen and oxygen atoms in total. The van der Waals surface area contributed by atoms with E-state index in [2.05, 4.69) is 39.9 Å². The lowest BCUT2D eigenvalue weighted by Gasteiger charge is -2.09. The Morgan fingerprint density at radius 2 is 1.86 bits per heavy atom. The Labute approximate surface area is 132 Å². The number of rotatable bonds is 6. The second-order valence-corrected chi connectivity index (χ2v) is 7.16. The molecule has 1 aromatic heterocycles. The summed E-state index contributed by atoms with van der Waals surface area (Å²) in [6, 6.07) is 4.01. The molecule has 116 valence electrons. The molecule has 0 unspecified atom stereocenters. The first-order valence-electron chi connectivity index (χ1n) is 7.79. The number of nitrogens with one attached hydrogen (secondary N) is 1. The Balaban J connectivity index is 2.40. The van der Waals surface area contributed by atoms with Crippen LogP contribution >= 0.6 is 11.6 Å². The van der Waals surface area contributed by atoms with E-state index < -0.39 is 0 Å². The molecule has 21 heavy (non-hydrogen) atoms. The summed E-state index contributed by atoms with van der Waals surface area (Å²) >= 11 is 6.23. The minimum atomic E-state index is 0.592. The van der Waals surface area contributed by atoms with Crippen molar-refractivity contribution in [2.45, 2.75) is 47.6 Å². The van der Waals surface area contributed by atoms with Crippen LogP contribution in [0.4, 0.5) is 0 Å². The van der Waals surface area contributed by atoms with E-state index in [9.17, 15) is 0 Å². The first-order valence-corrected chi connectivity index (χ1v) is 8.17. The number of aryl methyl sites for hydroxylation is 1. The Bertz CT molecular complexity index is 613. The first kappa shape index (κ1) is 16.4. The van der Waals surface area contributed by atoms with Gasteiger partial charge in [-0.3, -0.25) is 0 Å². The van der Waals surface area contributed by atoms with Gasteiger partial charge in [-0.15, -0.1) is 0 Å². The predicted molar refractivity (Wildman–Crippen MR) is 91.0 cm³/mol. The minimum Gasteiger partial charge on any atom is -0.459 e. The Morgan fingerprint density at radius 1 is 1.14 bits per heavy atom. The summed E-state index contributed by atoms with van der Waals surface area (Å²) in [5.74, 6) is 2.29. The molecule has 1 aromatic carbocycles. The molecule has 0 radical (unpaired) electrons. The summed E-state index contributed by atoms with van der Waals surface area (Å²) in [4.78, 5) is 0. The fraction of sp³-hybridized carbons (Fsp3) is 0.556. The van der Waals surface area contributed by atoms with Gasteiger partial charge >= 0.3 is 0 Å². The molecule has 0 saturated heterocycles. The van der Waals surface area contributed by atoms with E-state index >= 15 is 0 Å². The Hall–Kier alpha value is -0.990. The fourth-order valence-electron chi connectivity index (χ4n) is 2.67. The van der Waals surface area contributed by atoms with Gasteiger partial charge < -0.3 is 9.73 Å². The molecule has 0 bridgehead atoms. The van der Waals surface area contributed by atoms with Gasteiger partial charge in [0.2, 0.25) is 0 Å². The second kappa shape index (κ2) is 6.85. The fourth-order valence-corrected chi connectivity index (χ4v) is 2.95. The van der Waals surface area contributed by atoms with E-state index in [0.717, 1.165) is 41.4 Å². The predicted octanol–water partition coefficient (Wildman–Crippen LogP) is 5.34. The van der Waals surface area contributed by atoms with Crippen molar-refractivity contribution in [2.75, 3.05) is 6.54 Å². The summed E-state index contributed by atoms with van der Waals surface area (Å²) in [6.45, 7) is 12.7. The highest BCUT2D eigenvalue weighted by molar-refractivity contribution is 6.31. The lowest BCUT2D eigenvalue weighted by molar-refractivity contribution is 0.476. The molecular formula is C18H26ClNO. The van der Waals surface area contributed by atoms with Crippen molar-refractivity contribution in [3.8, 4) is 0 Å². The SMILES string of the molecule is Cc1cc(Cl)cc2c(CC(C)C)c(CNCC(C)C)oc12. The summed E-state index contributed by atoms with van der Waals surface area (Å²) in [7, 11) is 0. The van der Waals surface area contributed by atoms with E-state index in [4.69, 9.17) is 16.0 Å². The van der Waals surface area contributed by atoms with Crippen LogP contribution in [0.25, 0.3) is 11.0 Å². The third-order valence-corrected chi connectivity index (χ3v) is 3.80. The first-order chi connectivity index (χ1) is 9.88. The maximum atomic E-state index is 6.23. The highest BCUT2D eigenvalue weighted by atomic mass is 35.5. The number of fused-ring (bicyclic) bond motifs is 1. The third kappa shape index (κ3) is 4.02. The number of hydrogen-bond donors (Lipinski definition) is 1. The Morgan fingerprint density at radius 3 is 2.48 bits per heavy atom. The van der Waals surface area contributed by atoms with E-state index in [1.165, 1.54) is 10.9 Å². The van der Waals surface area contributed by atoms with Crippen molar-refractivity contribution >= 4 is 22.6 Å². The molecule has 1 N–H and O–H groups in total. The maximum absolute atomic E-state index is 6.23. The molecule has 0 spiro atoms. The molecule has 0 aliphatic rings. The number of benzene rings is 1. The Kier molecular flexibility index (Phi) is 5.34. The van der Waals surface area contributed by atoms with Gasteiger partial charge in [0, 0.05) is 16.0 Å². The van der Waals surface area contributed by atoms with E-state index in [1.54, 1.807) is 0 Å². The average molecular weight is 308 g/mol. The zero-order chi connectivity index (χ0) is 15.6. The number of hydrogen-bond acceptors (Lipinski definition) is 2. The zero-order valence-corrected chi connectivity index (χ0v) is 14.5. The van der Waals surface area contributed by atoms with Gasteiger partial charge in [0.15, 0.2) is 0 Å².